The average Bonchev–Trinajstić information content (AvgIpc) is 2.54. The molecule has 1 amide bonds. The molecule has 6 heteroatoms. The van der Waals surface area contributed by atoms with Crippen LogP contribution in [0.4, 0.5) is 10.1 Å². The van der Waals surface area contributed by atoms with Crippen molar-refractivity contribution in [2.75, 3.05) is 5.32 Å². The molecule has 24 heavy (non-hydrogen) atoms. The van der Waals surface area contributed by atoms with E-state index in [9.17, 15) is 14.0 Å². The third-order valence-corrected chi connectivity index (χ3v) is 3.55. The minimum atomic E-state index is -0.984. The molecule has 2 aromatic carbocycles. The molecule has 0 saturated heterocycles. The standard InChI is InChI=1S/C18H15BrFNO3/c1-12(18(23)21-15-7-4-6-14(19)11-15)24-17(22)10-9-13-5-2-3-8-16(13)20/h2-12H,1H3,(H,21,23)/b10-9+/t12-/m1/s1. The lowest BCUT2D eigenvalue weighted by Gasteiger charge is -2.12. The van der Waals surface area contributed by atoms with Crippen molar-refractivity contribution in [2.24, 2.45) is 0 Å². The van der Waals surface area contributed by atoms with Crippen LogP contribution in [0.25, 0.3) is 6.08 Å². The zero-order valence-electron chi connectivity index (χ0n) is 12.8. The van der Waals surface area contributed by atoms with Gasteiger partial charge >= 0.3 is 5.97 Å². The molecule has 2 aromatic rings. The lowest BCUT2D eigenvalue weighted by molar-refractivity contribution is -0.148. The summed E-state index contributed by atoms with van der Waals surface area (Å²) in [6.45, 7) is 1.46. The molecule has 0 spiro atoms. The second-order valence-corrected chi connectivity index (χ2v) is 5.85. The van der Waals surface area contributed by atoms with Crippen molar-refractivity contribution in [2.45, 2.75) is 13.0 Å². The van der Waals surface area contributed by atoms with Crippen LogP contribution in [-0.4, -0.2) is 18.0 Å². The highest BCUT2D eigenvalue weighted by atomic mass is 79.9. The molecule has 0 unspecified atom stereocenters. The maximum Gasteiger partial charge on any atom is 0.331 e. The van der Waals surface area contributed by atoms with Gasteiger partial charge in [0, 0.05) is 21.8 Å². The minimum Gasteiger partial charge on any atom is -0.449 e. The highest BCUT2D eigenvalue weighted by molar-refractivity contribution is 9.10. The summed E-state index contributed by atoms with van der Waals surface area (Å²) in [6, 6.07) is 13.1. The molecule has 4 nitrogen and oxygen atoms in total. The van der Waals surface area contributed by atoms with Crippen LogP contribution < -0.4 is 5.32 Å². The van der Waals surface area contributed by atoms with Gasteiger partial charge in [0.25, 0.3) is 5.91 Å². The van der Waals surface area contributed by atoms with E-state index >= 15 is 0 Å². The lowest BCUT2D eigenvalue weighted by Crippen LogP contribution is -2.29. The SMILES string of the molecule is C[C@@H](OC(=O)/C=C/c1ccccc1F)C(=O)Nc1cccc(Br)c1. The summed E-state index contributed by atoms with van der Waals surface area (Å²) in [5.41, 5.74) is 0.847. The second-order valence-electron chi connectivity index (χ2n) is 4.93. The number of rotatable bonds is 5. The summed E-state index contributed by atoms with van der Waals surface area (Å²) in [5, 5.41) is 2.64. The maximum absolute atomic E-state index is 13.4. The number of halogens is 2. The summed E-state index contributed by atoms with van der Waals surface area (Å²) in [5.74, 6) is -1.63. The first kappa shape index (κ1) is 17.9. The fraction of sp³-hybridized carbons (Fsp3) is 0.111. The number of benzene rings is 2. The Morgan fingerprint density at radius 2 is 1.96 bits per heavy atom. The Morgan fingerprint density at radius 3 is 2.67 bits per heavy atom. The molecule has 0 aliphatic carbocycles. The molecule has 1 atom stereocenters. The molecule has 0 bridgehead atoms. The fourth-order valence-corrected chi connectivity index (χ4v) is 2.24. The van der Waals surface area contributed by atoms with E-state index in [2.05, 4.69) is 21.2 Å². The van der Waals surface area contributed by atoms with Crippen molar-refractivity contribution >= 4 is 39.6 Å². The van der Waals surface area contributed by atoms with Gasteiger partial charge in [-0.15, -0.1) is 0 Å². The van der Waals surface area contributed by atoms with Gasteiger partial charge in [-0.2, -0.15) is 0 Å². The Labute approximate surface area is 147 Å². The van der Waals surface area contributed by atoms with Gasteiger partial charge in [0.2, 0.25) is 0 Å². The van der Waals surface area contributed by atoms with Gasteiger partial charge in [0.05, 0.1) is 0 Å². The Balaban J connectivity index is 1.91. The number of carbonyl (C=O) groups excluding carboxylic acids is 2. The first-order valence-corrected chi connectivity index (χ1v) is 7.94. The van der Waals surface area contributed by atoms with E-state index in [1.54, 1.807) is 30.3 Å². The zero-order valence-corrected chi connectivity index (χ0v) is 14.4. The third-order valence-electron chi connectivity index (χ3n) is 3.06. The van der Waals surface area contributed by atoms with Crippen molar-refractivity contribution in [1.82, 2.24) is 0 Å². The highest BCUT2D eigenvalue weighted by Gasteiger charge is 2.16. The molecule has 1 N–H and O–H groups in total. The number of nitrogens with one attached hydrogen (secondary N) is 1. The molecule has 0 heterocycles. The quantitative estimate of drug-likeness (QED) is 0.614. The Kier molecular flexibility index (Phi) is 6.26. The minimum absolute atomic E-state index is 0.265. The van der Waals surface area contributed by atoms with Gasteiger partial charge in [-0.1, -0.05) is 40.2 Å². The number of amides is 1. The summed E-state index contributed by atoms with van der Waals surface area (Å²) in [6.07, 6.45) is 1.40. The van der Waals surface area contributed by atoms with Crippen LogP contribution in [0, 0.1) is 5.82 Å². The normalized spacial score (nSPS) is 12.0. The lowest BCUT2D eigenvalue weighted by atomic mass is 10.2. The van der Waals surface area contributed by atoms with Crippen molar-refractivity contribution in [3.8, 4) is 0 Å². The van der Waals surface area contributed by atoms with Crippen molar-refractivity contribution in [3.63, 3.8) is 0 Å². The molecule has 0 aliphatic heterocycles. The predicted molar refractivity (Wildman–Crippen MR) is 93.8 cm³/mol. The van der Waals surface area contributed by atoms with Gasteiger partial charge in [-0.3, -0.25) is 4.79 Å². The smallest absolute Gasteiger partial charge is 0.331 e. The van der Waals surface area contributed by atoms with Crippen molar-refractivity contribution in [1.29, 1.82) is 0 Å². The number of esters is 1. The molecule has 2 rings (SSSR count). The maximum atomic E-state index is 13.4. The van der Waals surface area contributed by atoms with Gasteiger partial charge in [-0.05, 0) is 37.3 Å². The molecular weight excluding hydrogens is 377 g/mol. The molecule has 0 saturated carbocycles. The van der Waals surface area contributed by atoms with Gasteiger partial charge < -0.3 is 10.1 Å². The van der Waals surface area contributed by atoms with Crippen LogP contribution in [0.2, 0.25) is 0 Å². The second kappa shape index (κ2) is 8.40. The number of anilines is 1. The number of hydrogen-bond donors (Lipinski definition) is 1. The summed E-state index contributed by atoms with van der Waals surface area (Å²) >= 11 is 3.30. The van der Waals surface area contributed by atoms with Crippen molar-refractivity contribution < 1.29 is 18.7 Å². The predicted octanol–water partition coefficient (Wildman–Crippen LogP) is 4.17. The summed E-state index contributed by atoms with van der Waals surface area (Å²) in [4.78, 5) is 23.7. The molecular formula is C18H15BrFNO3. The molecule has 0 fully saturated rings. The molecule has 0 aromatic heterocycles. The van der Waals surface area contributed by atoms with E-state index in [1.165, 1.54) is 25.1 Å². The van der Waals surface area contributed by atoms with Crippen LogP contribution in [0.5, 0.6) is 0 Å². The van der Waals surface area contributed by atoms with Gasteiger partial charge in [0.1, 0.15) is 5.82 Å². The Morgan fingerprint density at radius 1 is 1.21 bits per heavy atom. The van der Waals surface area contributed by atoms with Crippen molar-refractivity contribution in [3.05, 3.63) is 70.5 Å². The number of ether oxygens (including phenoxy) is 1. The Hall–Kier alpha value is -2.47. The fourth-order valence-electron chi connectivity index (χ4n) is 1.85. The van der Waals surface area contributed by atoms with Crippen LogP contribution in [-0.2, 0) is 14.3 Å². The van der Waals surface area contributed by atoms with Crippen LogP contribution >= 0.6 is 15.9 Å². The van der Waals surface area contributed by atoms with E-state index in [1.807, 2.05) is 6.07 Å². The molecule has 0 aliphatic rings. The zero-order chi connectivity index (χ0) is 17.5. The van der Waals surface area contributed by atoms with Gasteiger partial charge in [-0.25, -0.2) is 9.18 Å². The van der Waals surface area contributed by atoms with E-state index < -0.39 is 23.8 Å². The van der Waals surface area contributed by atoms with Crippen LogP contribution in [0.15, 0.2) is 59.1 Å². The van der Waals surface area contributed by atoms with E-state index in [-0.39, 0.29) is 5.56 Å². The summed E-state index contributed by atoms with van der Waals surface area (Å²) in [7, 11) is 0. The van der Waals surface area contributed by atoms with E-state index in [0.29, 0.717) is 5.69 Å². The van der Waals surface area contributed by atoms with Crippen LogP contribution in [0.3, 0.4) is 0 Å². The third kappa shape index (κ3) is 5.31. The number of carbonyl (C=O) groups is 2. The monoisotopic (exact) mass is 391 g/mol. The molecule has 0 radical (unpaired) electrons. The van der Waals surface area contributed by atoms with Crippen LogP contribution in [0.1, 0.15) is 12.5 Å². The topological polar surface area (TPSA) is 55.4 Å². The van der Waals surface area contributed by atoms with E-state index in [4.69, 9.17) is 4.74 Å². The van der Waals surface area contributed by atoms with Gasteiger partial charge in [0.15, 0.2) is 6.10 Å². The Bertz CT molecular complexity index is 776. The summed E-state index contributed by atoms with van der Waals surface area (Å²) < 4.78 is 19.3. The average molecular weight is 392 g/mol. The largest absolute Gasteiger partial charge is 0.449 e. The highest BCUT2D eigenvalue weighted by Crippen LogP contribution is 2.16. The number of hydrogen-bond acceptors (Lipinski definition) is 3. The first-order chi connectivity index (χ1) is 11.5. The first-order valence-electron chi connectivity index (χ1n) is 7.15. The molecule has 124 valence electrons. The van der Waals surface area contributed by atoms with E-state index in [0.717, 1.165) is 10.5 Å².